The third-order valence-electron chi connectivity index (χ3n) is 3.99. The van der Waals surface area contributed by atoms with Gasteiger partial charge in [-0.25, -0.2) is 4.39 Å². The van der Waals surface area contributed by atoms with Crippen molar-refractivity contribution < 1.29 is 4.39 Å². The average Bonchev–Trinajstić information content (AvgIpc) is 2.69. The van der Waals surface area contributed by atoms with Crippen LogP contribution in [0.4, 0.5) is 10.1 Å². The standard InChI is InChI=1S/C17H17ClFN/c18-12-15-16(19)6-3-7-17(15)20-10-8-13-4-1-2-5-14(13)9-11-20/h1-7H,8-12H2. The number of benzene rings is 2. The molecule has 1 nitrogen and oxygen atoms in total. The first-order valence-corrected chi connectivity index (χ1v) is 7.48. The lowest BCUT2D eigenvalue weighted by Crippen LogP contribution is -2.27. The number of nitrogens with zero attached hydrogens (tertiary/aromatic N) is 1. The Morgan fingerprint density at radius 3 is 2.20 bits per heavy atom. The molecular formula is C17H17ClFN. The van der Waals surface area contributed by atoms with Crippen molar-refractivity contribution in [3.05, 3.63) is 65.0 Å². The van der Waals surface area contributed by atoms with Crippen LogP contribution < -0.4 is 4.90 Å². The third kappa shape index (κ3) is 2.53. The minimum absolute atomic E-state index is 0.209. The molecule has 0 saturated carbocycles. The normalized spacial score (nSPS) is 14.8. The minimum Gasteiger partial charge on any atom is -0.371 e. The number of fused-ring (bicyclic) bond motifs is 1. The second-order valence-corrected chi connectivity index (χ2v) is 5.39. The van der Waals surface area contributed by atoms with Gasteiger partial charge in [-0.15, -0.1) is 11.6 Å². The molecule has 0 N–H and O–H groups in total. The van der Waals surface area contributed by atoms with Crippen LogP contribution in [0.15, 0.2) is 42.5 Å². The number of hydrogen-bond donors (Lipinski definition) is 0. The molecule has 2 aromatic rings. The van der Waals surface area contributed by atoms with Crippen molar-refractivity contribution >= 4 is 17.3 Å². The number of hydrogen-bond acceptors (Lipinski definition) is 1. The van der Waals surface area contributed by atoms with Crippen molar-refractivity contribution in [1.29, 1.82) is 0 Å². The smallest absolute Gasteiger partial charge is 0.129 e. The van der Waals surface area contributed by atoms with E-state index in [-0.39, 0.29) is 11.7 Å². The highest BCUT2D eigenvalue weighted by Gasteiger charge is 2.17. The quantitative estimate of drug-likeness (QED) is 0.750. The molecule has 1 aliphatic heterocycles. The van der Waals surface area contributed by atoms with Crippen LogP contribution in [0, 0.1) is 5.82 Å². The Balaban J connectivity index is 1.89. The van der Waals surface area contributed by atoms with Gasteiger partial charge in [0.15, 0.2) is 0 Å². The molecule has 0 unspecified atom stereocenters. The molecule has 0 amide bonds. The van der Waals surface area contributed by atoms with Crippen molar-refractivity contribution in [2.75, 3.05) is 18.0 Å². The summed E-state index contributed by atoms with van der Waals surface area (Å²) in [6, 6.07) is 13.8. The number of rotatable bonds is 2. The van der Waals surface area contributed by atoms with Crippen LogP contribution in [0.5, 0.6) is 0 Å². The highest BCUT2D eigenvalue weighted by atomic mass is 35.5. The second kappa shape index (κ2) is 5.84. The zero-order valence-corrected chi connectivity index (χ0v) is 12.0. The van der Waals surface area contributed by atoms with Gasteiger partial charge >= 0.3 is 0 Å². The van der Waals surface area contributed by atoms with E-state index in [1.54, 1.807) is 6.07 Å². The first-order valence-electron chi connectivity index (χ1n) is 6.94. The fourth-order valence-electron chi connectivity index (χ4n) is 2.88. The van der Waals surface area contributed by atoms with Crippen LogP contribution in [0.1, 0.15) is 16.7 Å². The predicted molar refractivity (Wildman–Crippen MR) is 82.0 cm³/mol. The second-order valence-electron chi connectivity index (χ2n) is 5.13. The van der Waals surface area contributed by atoms with E-state index in [1.807, 2.05) is 6.07 Å². The van der Waals surface area contributed by atoms with Gasteiger partial charge in [0.05, 0.1) is 5.88 Å². The van der Waals surface area contributed by atoms with Gasteiger partial charge in [0.25, 0.3) is 0 Å². The van der Waals surface area contributed by atoms with Crippen molar-refractivity contribution in [3.8, 4) is 0 Å². The Hall–Kier alpha value is -1.54. The molecule has 1 aliphatic rings. The zero-order valence-electron chi connectivity index (χ0n) is 11.3. The first kappa shape index (κ1) is 13.4. The van der Waals surface area contributed by atoms with Gasteiger partial charge < -0.3 is 4.90 Å². The molecule has 0 atom stereocenters. The minimum atomic E-state index is -0.209. The molecule has 3 rings (SSSR count). The number of anilines is 1. The number of alkyl halides is 1. The molecule has 3 heteroatoms. The number of halogens is 2. The average molecular weight is 290 g/mol. The summed E-state index contributed by atoms with van der Waals surface area (Å²) in [6.07, 6.45) is 1.99. The van der Waals surface area contributed by atoms with Crippen molar-refractivity contribution in [3.63, 3.8) is 0 Å². The fraction of sp³-hybridized carbons (Fsp3) is 0.294. The summed E-state index contributed by atoms with van der Waals surface area (Å²) < 4.78 is 13.9. The monoisotopic (exact) mass is 289 g/mol. The van der Waals surface area contributed by atoms with E-state index in [1.165, 1.54) is 17.2 Å². The molecule has 0 radical (unpaired) electrons. The van der Waals surface area contributed by atoms with Gasteiger partial charge in [-0.3, -0.25) is 0 Å². The van der Waals surface area contributed by atoms with E-state index < -0.39 is 0 Å². The Bertz CT molecular complexity index is 585. The van der Waals surface area contributed by atoms with Gasteiger partial charge in [0, 0.05) is 24.3 Å². The maximum Gasteiger partial charge on any atom is 0.129 e. The van der Waals surface area contributed by atoms with Gasteiger partial charge in [-0.1, -0.05) is 30.3 Å². The summed E-state index contributed by atoms with van der Waals surface area (Å²) in [5, 5.41) is 0. The molecule has 0 spiro atoms. The van der Waals surface area contributed by atoms with Crippen molar-refractivity contribution in [1.82, 2.24) is 0 Å². The zero-order chi connectivity index (χ0) is 13.9. The molecule has 1 heterocycles. The van der Waals surface area contributed by atoms with Crippen LogP contribution in [0.25, 0.3) is 0 Å². The molecule has 0 aliphatic carbocycles. The molecule has 0 aromatic heterocycles. The van der Waals surface area contributed by atoms with E-state index >= 15 is 0 Å². The maximum atomic E-state index is 13.9. The Morgan fingerprint density at radius 2 is 1.60 bits per heavy atom. The molecule has 20 heavy (non-hydrogen) atoms. The Morgan fingerprint density at radius 1 is 0.950 bits per heavy atom. The van der Waals surface area contributed by atoms with Gasteiger partial charge in [0.2, 0.25) is 0 Å². The maximum absolute atomic E-state index is 13.9. The van der Waals surface area contributed by atoms with Crippen molar-refractivity contribution in [2.45, 2.75) is 18.7 Å². The Kier molecular flexibility index (Phi) is 3.93. The third-order valence-corrected chi connectivity index (χ3v) is 4.26. The van der Waals surface area contributed by atoms with Crippen molar-refractivity contribution in [2.24, 2.45) is 0 Å². The van der Waals surface area contributed by atoms with Crippen LogP contribution in [0.3, 0.4) is 0 Å². The van der Waals surface area contributed by atoms with E-state index in [4.69, 9.17) is 11.6 Å². The summed E-state index contributed by atoms with van der Waals surface area (Å²) in [5.74, 6) is 0.00473. The molecule has 0 fully saturated rings. The molecule has 2 aromatic carbocycles. The van der Waals surface area contributed by atoms with Gasteiger partial charge in [-0.05, 0) is 36.1 Å². The SMILES string of the molecule is Fc1cccc(N2CCc3ccccc3CC2)c1CCl. The highest BCUT2D eigenvalue weighted by Crippen LogP contribution is 2.27. The van der Waals surface area contributed by atoms with E-state index in [2.05, 4.69) is 29.2 Å². The lowest BCUT2D eigenvalue weighted by atomic mass is 10.0. The van der Waals surface area contributed by atoms with Crippen LogP contribution >= 0.6 is 11.6 Å². The highest BCUT2D eigenvalue weighted by molar-refractivity contribution is 6.17. The molecule has 0 bridgehead atoms. The van der Waals surface area contributed by atoms with Gasteiger partial charge in [0.1, 0.15) is 5.82 Å². The van der Waals surface area contributed by atoms with Crippen LogP contribution in [-0.2, 0) is 18.7 Å². The van der Waals surface area contributed by atoms with Crippen LogP contribution in [-0.4, -0.2) is 13.1 Å². The summed E-state index contributed by atoms with van der Waals surface area (Å²) in [5.41, 5.74) is 4.35. The lowest BCUT2D eigenvalue weighted by Gasteiger charge is -2.25. The molecule has 0 saturated heterocycles. The summed E-state index contributed by atoms with van der Waals surface area (Å²) in [4.78, 5) is 2.25. The lowest BCUT2D eigenvalue weighted by molar-refractivity contribution is 0.615. The van der Waals surface area contributed by atoms with E-state index in [0.717, 1.165) is 31.6 Å². The van der Waals surface area contributed by atoms with E-state index in [0.29, 0.717) is 5.56 Å². The first-order chi connectivity index (χ1) is 9.79. The fourth-order valence-corrected chi connectivity index (χ4v) is 3.15. The Labute approximate surface area is 124 Å². The summed E-state index contributed by atoms with van der Waals surface area (Å²) >= 11 is 5.92. The van der Waals surface area contributed by atoms with Gasteiger partial charge in [-0.2, -0.15) is 0 Å². The van der Waals surface area contributed by atoms with E-state index in [9.17, 15) is 4.39 Å². The molecule has 104 valence electrons. The predicted octanol–water partition coefficient (Wildman–Crippen LogP) is 4.17. The molecular weight excluding hydrogens is 273 g/mol. The van der Waals surface area contributed by atoms with Crippen LogP contribution in [0.2, 0.25) is 0 Å². The summed E-state index contributed by atoms with van der Waals surface area (Å²) in [6.45, 7) is 1.81. The topological polar surface area (TPSA) is 3.24 Å². The largest absolute Gasteiger partial charge is 0.371 e. The summed E-state index contributed by atoms with van der Waals surface area (Å²) in [7, 11) is 0.